The summed E-state index contributed by atoms with van der Waals surface area (Å²) in [7, 11) is -3.74. The zero-order valence-corrected chi connectivity index (χ0v) is 11.9. The van der Waals surface area contributed by atoms with Crippen LogP contribution < -0.4 is 4.72 Å². The molecule has 1 aromatic carbocycles. The lowest BCUT2D eigenvalue weighted by Crippen LogP contribution is -2.40. The quantitative estimate of drug-likeness (QED) is 0.902. The Bertz CT molecular complexity index is 592. The second-order valence-corrected chi connectivity index (χ2v) is 6.91. The van der Waals surface area contributed by atoms with Gasteiger partial charge < -0.3 is 5.11 Å². The van der Waals surface area contributed by atoms with Gasteiger partial charge in [-0.1, -0.05) is 0 Å². The average Bonchev–Trinajstić information content (AvgIpc) is 2.35. The molecule has 0 aliphatic heterocycles. The Balaban J connectivity index is 2.10. The number of rotatable bonds is 3. The minimum Gasteiger partial charge on any atom is -0.508 e. The third kappa shape index (κ3) is 3.46. The molecule has 1 fully saturated rings. The molecule has 4 nitrogen and oxygen atoms in total. The largest absolute Gasteiger partial charge is 0.508 e. The molecule has 0 bridgehead atoms. The smallest absolute Gasteiger partial charge is 0.248 e. The van der Waals surface area contributed by atoms with Crippen LogP contribution in [0.4, 0.5) is 8.78 Å². The van der Waals surface area contributed by atoms with E-state index in [1.165, 1.54) is 18.2 Å². The van der Waals surface area contributed by atoms with Gasteiger partial charge in [-0.3, -0.25) is 0 Å². The van der Waals surface area contributed by atoms with Crippen molar-refractivity contribution < 1.29 is 22.3 Å². The van der Waals surface area contributed by atoms with Crippen LogP contribution in [-0.2, 0) is 10.0 Å². The van der Waals surface area contributed by atoms with Crippen LogP contribution in [0.5, 0.6) is 5.75 Å². The number of hydrogen-bond donors (Lipinski definition) is 2. The van der Waals surface area contributed by atoms with Crippen molar-refractivity contribution in [2.24, 2.45) is 0 Å². The first-order valence-electron chi connectivity index (χ1n) is 6.39. The fourth-order valence-electron chi connectivity index (χ4n) is 2.24. The van der Waals surface area contributed by atoms with Crippen molar-refractivity contribution >= 4 is 10.0 Å². The standard InChI is InChI=1S/C13H17F2NO3S/c1-9-8-11(2-3-12(9)17)20(18,19)16-10-4-6-13(14,15)7-5-10/h2-3,8,10,16-17H,4-7H2,1H3. The van der Waals surface area contributed by atoms with Crippen LogP contribution in [0.1, 0.15) is 31.2 Å². The van der Waals surface area contributed by atoms with Crippen LogP contribution in [0.2, 0.25) is 0 Å². The highest BCUT2D eigenvalue weighted by Crippen LogP contribution is 2.33. The number of sulfonamides is 1. The third-order valence-electron chi connectivity index (χ3n) is 3.52. The van der Waals surface area contributed by atoms with Crippen molar-refractivity contribution in [2.75, 3.05) is 0 Å². The van der Waals surface area contributed by atoms with E-state index in [0.29, 0.717) is 5.56 Å². The van der Waals surface area contributed by atoms with Gasteiger partial charge in [0, 0.05) is 18.9 Å². The van der Waals surface area contributed by atoms with Crippen molar-refractivity contribution in [3.8, 4) is 5.75 Å². The fourth-order valence-corrected chi connectivity index (χ4v) is 3.63. The van der Waals surface area contributed by atoms with Gasteiger partial charge in [-0.2, -0.15) is 0 Å². The molecular weight excluding hydrogens is 288 g/mol. The first-order chi connectivity index (χ1) is 9.20. The van der Waals surface area contributed by atoms with E-state index in [9.17, 15) is 22.3 Å². The van der Waals surface area contributed by atoms with Crippen LogP contribution >= 0.6 is 0 Å². The number of aryl methyl sites for hydroxylation is 1. The van der Waals surface area contributed by atoms with Crippen molar-refractivity contribution in [1.82, 2.24) is 4.72 Å². The monoisotopic (exact) mass is 305 g/mol. The number of phenolic OH excluding ortho intramolecular Hbond substituents is 1. The molecule has 1 aliphatic carbocycles. The topological polar surface area (TPSA) is 66.4 Å². The summed E-state index contributed by atoms with van der Waals surface area (Å²) in [4.78, 5) is 0.0325. The lowest BCUT2D eigenvalue weighted by molar-refractivity contribution is -0.0387. The Morgan fingerprint density at radius 1 is 1.30 bits per heavy atom. The molecule has 0 atom stereocenters. The molecule has 0 heterocycles. The van der Waals surface area contributed by atoms with Crippen molar-refractivity contribution in [2.45, 2.75) is 49.5 Å². The average molecular weight is 305 g/mol. The predicted octanol–water partition coefficient (Wildman–Crippen LogP) is 2.56. The Morgan fingerprint density at radius 3 is 2.45 bits per heavy atom. The third-order valence-corrected chi connectivity index (χ3v) is 5.04. The first kappa shape index (κ1) is 15.2. The van der Waals surface area contributed by atoms with Crippen molar-refractivity contribution in [3.63, 3.8) is 0 Å². The maximum atomic E-state index is 13.0. The number of halogens is 2. The molecule has 1 saturated carbocycles. The lowest BCUT2D eigenvalue weighted by Gasteiger charge is -2.28. The van der Waals surface area contributed by atoms with Crippen LogP contribution in [0.3, 0.4) is 0 Å². The zero-order chi connectivity index (χ0) is 15.0. The van der Waals surface area contributed by atoms with Crippen LogP contribution in [0.15, 0.2) is 23.1 Å². The summed E-state index contributed by atoms with van der Waals surface area (Å²) in [5, 5.41) is 9.39. The molecule has 1 aromatic rings. The number of aromatic hydroxyl groups is 1. The van der Waals surface area contributed by atoms with Crippen LogP contribution in [0.25, 0.3) is 0 Å². The van der Waals surface area contributed by atoms with Gasteiger partial charge in [0.1, 0.15) is 5.75 Å². The second kappa shape index (κ2) is 5.29. The maximum Gasteiger partial charge on any atom is 0.248 e. The molecule has 0 amide bonds. The van der Waals surface area contributed by atoms with Crippen LogP contribution in [-0.4, -0.2) is 25.5 Å². The van der Waals surface area contributed by atoms with E-state index in [4.69, 9.17) is 0 Å². The van der Waals surface area contributed by atoms with Gasteiger partial charge in [0.2, 0.25) is 15.9 Å². The van der Waals surface area contributed by atoms with Gasteiger partial charge in [0.15, 0.2) is 0 Å². The van der Waals surface area contributed by atoms with E-state index in [1.54, 1.807) is 6.92 Å². The Kier molecular flexibility index (Phi) is 4.02. The molecule has 2 rings (SSSR count). The van der Waals surface area contributed by atoms with Crippen LogP contribution in [0, 0.1) is 6.92 Å². The van der Waals surface area contributed by atoms with Crippen molar-refractivity contribution in [1.29, 1.82) is 0 Å². The minimum absolute atomic E-state index is 0.0151. The molecule has 1 aliphatic rings. The Hall–Kier alpha value is -1.21. The molecule has 0 aromatic heterocycles. The van der Waals surface area contributed by atoms with Gasteiger partial charge in [0.25, 0.3) is 0 Å². The lowest BCUT2D eigenvalue weighted by atomic mass is 9.93. The van der Waals surface area contributed by atoms with Gasteiger partial charge in [-0.15, -0.1) is 0 Å². The SMILES string of the molecule is Cc1cc(S(=O)(=O)NC2CCC(F)(F)CC2)ccc1O. The Morgan fingerprint density at radius 2 is 1.90 bits per heavy atom. The summed E-state index contributed by atoms with van der Waals surface area (Å²) in [6.07, 6.45) is -0.337. The molecule has 2 N–H and O–H groups in total. The summed E-state index contributed by atoms with van der Waals surface area (Å²) < 4.78 is 52.8. The van der Waals surface area contributed by atoms with Gasteiger partial charge in [-0.05, 0) is 43.5 Å². The summed E-state index contributed by atoms with van der Waals surface area (Å²) in [5.41, 5.74) is 0.447. The number of nitrogens with one attached hydrogen (secondary N) is 1. The second-order valence-electron chi connectivity index (χ2n) is 5.20. The van der Waals surface area contributed by atoms with E-state index < -0.39 is 22.0 Å². The highest BCUT2D eigenvalue weighted by molar-refractivity contribution is 7.89. The van der Waals surface area contributed by atoms with Gasteiger partial charge in [0.05, 0.1) is 4.90 Å². The highest BCUT2D eigenvalue weighted by atomic mass is 32.2. The van der Waals surface area contributed by atoms with E-state index in [1.807, 2.05) is 0 Å². The number of hydrogen-bond acceptors (Lipinski definition) is 3. The number of alkyl halides is 2. The normalized spacial score (nSPS) is 19.9. The molecule has 112 valence electrons. The fraction of sp³-hybridized carbons (Fsp3) is 0.538. The van der Waals surface area contributed by atoms with Gasteiger partial charge in [-0.25, -0.2) is 21.9 Å². The summed E-state index contributed by atoms with van der Waals surface area (Å²) >= 11 is 0. The highest BCUT2D eigenvalue weighted by Gasteiger charge is 2.36. The predicted molar refractivity (Wildman–Crippen MR) is 70.4 cm³/mol. The maximum absolute atomic E-state index is 13.0. The summed E-state index contributed by atoms with van der Waals surface area (Å²) in [5.74, 6) is -2.67. The van der Waals surface area contributed by atoms with E-state index >= 15 is 0 Å². The first-order valence-corrected chi connectivity index (χ1v) is 7.88. The molecule has 0 radical (unpaired) electrons. The Labute approximate surface area is 116 Å². The molecular formula is C13H17F2NO3S. The molecule has 0 unspecified atom stereocenters. The minimum atomic E-state index is -3.74. The molecule has 0 spiro atoms. The molecule has 7 heteroatoms. The summed E-state index contributed by atoms with van der Waals surface area (Å²) in [6, 6.07) is 3.49. The molecule has 0 saturated heterocycles. The number of benzene rings is 1. The van der Waals surface area contributed by atoms with Crippen molar-refractivity contribution in [3.05, 3.63) is 23.8 Å². The summed E-state index contributed by atoms with van der Waals surface area (Å²) in [6.45, 7) is 1.59. The zero-order valence-electron chi connectivity index (χ0n) is 11.1. The van der Waals surface area contributed by atoms with E-state index in [-0.39, 0.29) is 36.3 Å². The van der Waals surface area contributed by atoms with E-state index in [2.05, 4.69) is 4.72 Å². The number of phenols is 1. The van der Waals surface area contributed by atoms with Gasteiger partial charge >= 0.3 is 0 Å². The molecule has 20 heavy (non-hydrogen) atoms. The van der Waals surface area contributed by atoms with E-state index in [0.717, 1.165) is 0 Å².